The van der Waals surface area contributed by atoms with Gasteiger partial charge in [0, 0.05) is 17.7 Å². The molecule has 16 heavy (non-hydrogen) atoms. The number of fused-ring (bicyclic) bond motifs is 1. The lowest BCUT2D eigenvalue weighted by molar-refractivity contribution is 0.501. The van der Waals surface area contributed by atoms with Crippen molar-refractivity contribution in [1.82, 2.24) is 0 Å². The summed E-state index contributed by atoms with van der Waals surface area (Å²) in [7, 11) is 0. The molecule has 0 N–H and O–H groups in total. The van der Waals surface area contributed by atoms with Gasteiger partial charge in [-0.05, 0) is 17.1 Å². The van der Waals surface area contributed by atoms with Crippen LogP contribution in [0.25, 0.3) is 0 Å². The van der Waals surface area contributed by atoms with Gasteiger partial charge in [-0.3, -0.25) is 4.99 Å². The van der Waals surface area contributed by atoms with E-state index in [4.69, 9.17) is 5.26 Å². The molecule has 2 atom stereocenters. The minimum Gasteiger partial charge on any atom is -0.285 e. The van der Waals surface area contributed by atoms with Crippen molar-refractivity contribution in [2.24, 2.45) is 16.3 Å². The maximum Gasteiger partial charge on any atom is 0.0954 e. The molecule has 2 unspecified atom stereocenters. The topological polar surface area (TPSA) is 36.1 Å². The standard InChI is InChI=1S/C14H16N2/c1-14(2,3)11-4-5-13-12(8-11)10(9-15)6-7-16-13/h4-8,12-13H,1-3H3. The second-order valence-electron chi connectivity index (χ2n) is 5.28. The second-order valence-corrected chi connectivity index (χ2v) is 5.28. The first-order chi connectivity index (χ1) is 7.52. The average Bonchev–Trinajstić information content (AvgIpc) is 2.26. The predicted molar refractivity (Wildman–Crippen MR) is 66.1 cm³/mol. The van der Waals surface area contributed by atoms with E-state index in [9.17, 15) is 0 Å². The van der Waals surface area contributed by atoms with Crippen molar-refractivity contribution in [3.63, 3.8) is 0 Å². The summed E-state index contributed by atoms with van der Waals surface area (Å²) in [4.78, 5) is 4.38. The van der Waals surface area contributed by atoms with E-state index in [1.165, 1.54) is 5.57 Å². The van der Waals surface area contributed by atoms with Crippen molar-refractivity contribution >= 4 is 6.21 Å². The van der Waals surface area contributed by atoms with E-state index in [1.54, 1.807) is 6.21 Å². The van der Waals surface area contributed by atoms with Gasteiger partial charge in [0.15, 0.2) is 0 Å². The van der Waals surface area contributed by atoms with Gasteiger partial charge in [-0.25, -0.2) is 0 Å². The zero-order valence-corrected chi connectivity index (χ0v) is 9.94. The van der Waals surface area contributed by atoms with Crippen molar-refractivity contribution in [3.05, 3.63) is 35.5 Å². The molecule has 2 rings (SSSR count). The van der Waals surface area contributed by atoms with Gasteiger partial charge in [0.25, 0.3) is 0 Å². The molecule has 0 fully saturated rings. The third-order valence-corrected chi connectivity index (χ3v) is 3.07. The summed E-state index contributed by atoms with van der Waals surface area (Å²) in [6.07, 6.45) is 9.98. The van der Waals surface area contributed by atoms with Gasteiger partial charge in [-0.1, -0.05) is 39.0 Å². The minimum atomic E-state index is 0.116. The maximum absolute atomic E-state index is 9.09. The highest BCUT2D eigenvalue weighted by atomic mass is 14.8. The fourth-order valence-electron chi connectivity index (χ4n) is 2.03. The van der Waals surface area contributed by atoms with Crippen molar-refractivity contribution < 1.29 is 0 Å². The number of hydrogen-bond acceptors (Lipinski definition) is 2. The van der Waals surface area contributed by atoms with Crippen molar-refractivity contribution in [2.45, 2.75) is 26.8 Å². The van der Waals surface area contributed by atoms with Crippen LogP contribution in [-0.4, -0.2) is 12.3 Å². The summed E-state index contributed by atoms with van der Waals surface area (Å²) in [6.45, 7) is 6.56. The molecule has 82 valence electrons. The smallest absolute Gasteiger partial charge is 0.0954 e. The Morgan fingerprint density at radius 1 is 1.38 bits per heavy atom. The highest BCUT2D eigenvalue weighted by molar-refractivity contribution is 5.76. The molecule has 1 heterocycles. The molecule has 2 aliphatic rings. The number of hydrogen-bond donors (Lipinski definition) is 0. The number of rotatable bonds is 0. The first kappa shape index (κ1) is 10.9. The number of aliphatic imine (C=N–C) groups is 1. The number of nitriles is 1. The molecule has 0 saturated heterocycles. The summed E-state index contributed by atoms with van der Waals surface area (Å²) in [5.41, 5.74) is 2.22. The Bertz CT molecular complexity index is 450. The number of allylic oxidation sites excluding steroid dienone is 3. The van der Waals surface area contributed by atoms with Crippen molar-refractivity contribution in [1.29, 1.82) is 5.26 Å². The van der Waals surface area contributed by atoms with Crippen LogP contribution in [0.2, 0.25) is 0 Å². The Kier molecular flexibility index (Phi) is 2.55. The molecule has 0 radical (unpaired) electrons. The van der Waals surface area contributed by atoms with Crippen LogP contribution in [0.1, 0.15) is 20.8 Å². The lowest BCUT2D eigenvalue weighted by atomic mass is 9.77. The lowest BCUT2D eigenvalue weighted by Crippen LogP contribution is -2.24. The molecule has 0 amide bonds. The first-order valence-electron chi connectivity index (χ1n) is 5.56. The molecule has 0 spiro atoms. The largest absolute Gasteiger partial charge is 0.285 e. The predicted octanol–water partition coefficient (Wildman–Crippen LogP) is 3.05. The quantitative estimate of drug-likeness (QED) is 0.608. The third-order valence-electron chi connectivity index (χ3n) is 3.07. The summed E-state index contributed by atoms with van der Waals surface area (Å²) in [5.74, 6) is 0.134. The molecule has 0 bridgehead atoms. The normalized spacial score (nSPS) is 27.9. The molecule has 1 aliphatic carbocycles. The van der Waals surface area contributed by atoms with Gasteiger partial charge in [0.1, 0.15) is 0 Å². The molecular weight excluding hydrogens is 196 g/mol. The van der Waals surface area contributed by atoms with E-state index >= 15 is 0 Å². The average molecular weight is 212 g/mol. The van der Waals surface area contributed by atoms with Gasteiger partial charge in [-0.2, -0.15) is 5.26 Å². The second kappa shape index (κ2) is 3.75. The van der Waals surface area contributed by atoms with Crippen LogP contribution in [0.5, 0.6) is 0 Å². The van der Waals surface area contributed by atoms with Gasteiger partial charge in [-0.15, -0.1) is 0 Å². The van der Waals surface area contributed by atoms with Crippen LogP contribution in [0, 0.1) is 22.7 Å². The highest BCUT2D eigenvalue weighted by Gasteiger charge is 2.28. The molecule has 0 saturated carbocycles. The van der Waals surface area contributed by atoms with Gasteiger partial charge in [0.2, 0.25) is 0 Å². The fourth-order valence-corrected chi connectivity index (χ4v) is 2.03. The van der Waals surface area contributed by atoms with Crippen molar-refractivity contribution in [2.75, 3.05) is 0 Å². The Labute approximate surface area is 96.7 Å². The summed E-state index contributed by atoms with van der Waals surface area (Å²) in [5, 5.41) is 9.09. The van der Waals surface area contributed by atoms with Crippen LogP contribution in [0.15, 0.2) is 40.4 Å². The van der Waals surface area contributed by atoms with Crippen LogP contribution < -0.4 is 0 Å². The highest BCUT2D eigenvalue weighted by Crippen LogP contribution is 2.35. The monoisotopic (exact) mass is 212 g/mol. The first-order valence-corrected chi connectivity index (χ1v) is 5.56. The van der Waals surface area contributed by atoms with E-state index in [1.807, 2.05) is 6.08 Å². The Balaban J connectivity index is 2.37. The van der Waals surface area contributed by atoms with Crippen LogP contribution in [0.4, 0.5) is 0 Å². The van der Waals surface area contributed by atoms with Gasteiger partial charge >= 0.3 is 0 Å². The van der Waals surface area contributed by atoms with Crippen LogP contribution in [0.3, 0.4) is 0 Å². The van der Waals surface area contributed by atoms with E-state index in [-0.39, 0.29) is 17.4 Å². The van der Waals surface area contributed by atoms with Crippen LogP contribution >= 0.6 is 0 Å². The minimum absolute atomic E-state index is 0.116. The molecule has 2 nitrogen and oxygen atoms in total. The Morgan fingerprint density at radius 3 is 2.75 bits per heavy atom. The molecule has 1 aliphatic heterocycles. The summed E-state index contributed by atoms with van der Waals surface area (Å²) >= 11 is 0. The van der Waals surface area contributed by atoms with E-state index < -0.39 is 0 Å². The van der Waals surface area contributed by atoms with Crippen molar-refractivity contribution in [3.8, 4) is 6.07 Å². The lowest BCUT2D eigenvalue weighted by Gasteiger charge is -2.30. The van der Waals surface area contributed by atoms with E-state index in [0.717, 1.165) is 5.57 Å². The summed E-state index contributed by atoms with van der Waals surface area (Å²) in [6, 6.07) is 2.38. The SMILES string of the molecule is CC(C)(C)C1=CC2C(C#N)=CC=NC2C=C1. The maximum atomic E-state index is 9.09. The van der Waals surface area contributed by atoms with E-state index in [0.29, 0.717) is 0 Å². The zero-order valence-electron chi connectivity index (χ0n) is 9.94. The van der Waals surface area contributed by atoms with Gasteiger partial charge in [0.05, 0.1) is 12.1 Å². The Hall–Kier alpha value is -1.62. The summed E-state index contributed by atoms with van der Waals surface area (Å²) < 4.78 is 0. The molecular formula is C14H16N2. The van der Waals surface area contributed by atoms with E-state index in [2.05, 4.69) is 50.1 Å². The van der Waals surface area contributed by atoms with Crippen LogP contribution in [-0.2, 0) is 0 Å². The number of dihydropyridines is 1. The van der Waals surface area contributed by atoms with Gasteiger partial charge < -0.3 is 0 Å². The third kappa shape index (κ3) is 1.86. The zero-order chi connectivity index (χ0) is 11.8. The fraction of sp³-hybridized carbons (Fsp3) is 0.429. The number of nitrogens with zero attached hydrogens (tertiary/aromatic N) is 2. The Morgan fingerprint density at radius 2 is 2.12 bits per heavy atom. The molecule has 0 aromatic heterocycles. The molecule has 0 aromatic rings. The molecule has 2 heteroatoms. The molecule has 0 aromatic carbocycles.